The molecule has 0 bridgehead atoms. The summed E-state index contributed by atoms with van der Waals surface area (Å²) in [5, 5.41) is 8.79. The minimum Gasteiger partial charge on any atom is -0.375 e. The monoisotopic (exact) mass is 347 g/mol. The van der Waals surface area contributed by atoms with Gasteiger partial charge < -0.3 is 14.2 Å². The molecule has 1 aromatic rings. The molecule has 0 aromatic carbocycles. The third kappa shape index (κ3) is 3.58. The van der Waals surface area contributed by atoms with Crippen molar-refractivity contribution in [2.45, 2.75) is 57.6 Å². The summed E-state index contributed by atoms with van der Waals surface area (Å²) >= 11 is 0. The highest BCUT2D eigenvalue weighted by atomic mass is 16.5. The zero-order valence-electron chi connectivity index (χ0n) is 15.2. The Morgan fingerprint density at radius 1 is 1.20 bits per heavy atom. The first-order valence-electron chi connectivity index (χ1n) is 9.78. The number of hydrogen-bond donors (Lipinski definition) is 0. The topological polar surface area (TPSA) is 63.5 Å². The zero-order chi connectivity index (χ0) is 17.2. The van der Waals surface area contributed by atoms with Gasteiger partial charge in [0, 0.05) is 32.0 Å². The second-order valence-electron chi connectivity index (χ2n) is 7.52. The SMILES string of the molecule is CCC1CN(C(=O)CN2CCC(c3nnc4n3CCC4)CC2)CCO1. The van der Waals surface area contributed by atoms with E-state index in [9.17, 15) is 4.79 Å². The number of likely N-dealkylation sites (tertiary alicyclic amines) is 1. The van der Waals surface area contributed by atoms with E-state index in [2.05, 4.69) is 26.6 Å². The van der Waals surface area contributed by atoms with E-state index in [-0.39, 0.29) is 12.0 Å². The van der Waals surface area contributed by atoms with Gasteiger partial charge in [0.2, 0.25) is 5.91 Å². The molecule has 1 amide bonds. The highest BCUT2D eigenvalue weighted by molar-refractivity contribution is 5.78. The van der Waals surface area contributed by atoms with Crippen LogP contribution in [0.5, 0.6) is 0 Å². The molecule has 1 unspecified atom stereocenters. The molecule has 138 valence electrons. The molecular weight excluding hydrogens is 318 g/mol. The summed E-state index contributed by atoms with van der Waals surface area (Å²) in [6, 6.07) is 0. The van der Waals surface area contributed by atoms with Crippen molar-refractivity contribution in [3.63, 3.8) is 0 Å². The highest BCUT2D eigenvalue weighted by Gasteiger charge is 2.30. The lowest BCUT2D eigenvalue weighted by Crippen LogP contribution is -2.49. The Labute approximate surface area is 149 Å². The van der Waals surface area contributed by atoms with Gasteiger partial charge >= 0.3 is 0 Å². The predicted molar refractivity (Wildman–Crippen MR) is 93.4 cm³/mol. The first kappa shape index (κ1) is 17.0. The van der Waals surface area contributed by atoms with Crippen LogP contribution < -0.4 is 0 Å². The van der Waals surface area contributed by atoms with Gasteiger partial charge in [-0.2, -0.15) is 0 Å². The molecule has 3 aliphatic heterocycles. The van der Waals surface area contributed by atoms with Crippen molar-refractivity contribution >= 4 is 5.91 Å². The molecule has 0 radical (unpaired) electrons. The number of piperidine rings is 1. The van der Waals surface area contributed by atoms with Gasteiger partial charge in [-0.1, -0.05) is 6.92 Å². The number of aromatic nitrogens is 3. The van der Waals surface area contributed by atoms with Gasteiger partial charge in [0.1, 0.15) is 11.6 Å². The van der Waals surface area contributed by atoms with Crippen LogP contribution in [0.25, 0.3) is 0 Å². The van der Waals surface area contributed by atoms with Crippen LogP contribution in [0.4, 0.5) is 0 Å². The number of hydrogen-bond acceptors (Lipinski definition) is 5. The van der Waals surface area contributed by atoms with Crippen LogP contribution in [0.3, 0.4) is 0 Å². The molecule has 7 heteroatoms. The smallest absolute Gasteiger partial charge is 0.236 e. The van der Waals surface area contributed by atoms with Gasteiger partial charge in [0.15, 0.2) is 0 Å². The Morgan fingerprint density at radius 3 is 2.84 bits per heavy atom. The molecular formula is C18H29N5O2. The Balaban J connectivity index is 1.28. The molecule has 0 N–H and O–H groups in total. The summed E-state index contributed by atoms with van der Waals surface area (Å²) in [6.07, 6.45) is 5.59. The molecule has 4 rings (SSSR count). The molecule has 2 saturated heterocycles. The number of carbonyl (C=O) groups is 1. The average molecular weight is 347 g/mol. The zero-order valence-corrected chi connectivity index (χ0v) is 15.2. The quantitative estimate of drug-likeness (QED) is 0.814. The summed E-state index contributed by atoms with van der Waals surface area (Å²) in [4.78, 5) is 16.9. The third-order valence-corrected chi connectivity index (χ3v) is 5.90. The van der Waals surface area contributed by atoms with Crippen LogP contribution in [0.2, 0.25) is 0 Å². The lowest BCUT2D eigenvalue weighted by atomic mass is 9.96. The van der Waals surface area contributed by atoms with Crippen molar-refractivity contribution in [1.29, 1.82) is 0 Å². The van der Waals surface area contributed by atoms with Crippen molar-refractivity contribution in [1.82, 2.24) is 24.6 Å². The van der Waals surface area contributed by atoms with E-state index in [1.807, 2.05) is 4.90 Å². The van der Waals surface area contributed by atoms with Gasteiger partial charge in [0.25, 0.3) is 0 Å². The maximum absolute atomic E-state index is 12.6. The summed E-state index contributed by atoms with van der Waals surface area (Å²) in [5.74, 6) is 3.09. The fraction of sp³-hybridized carbons (Fsp3) is 0.833. The van der Waals surface area contributed by atoms with Crippen molar-refractivity contribution < 1.29 is 9.53 Å². The first-order chi connectivity index (χ1) is 12.2. The normalized spacial score (nSPS) is 25.3. The maximum Gasteiger partial charge on any atom is 0.236 e. The molecule has 0 saturated carbocycles. The van der Waals surface area contributed by atoms with Gasteiger partial charge in [-0.05, 0) is 38.8 Å². The number of aryl methyl sites for hydroxylation is 1. The Kier molecular flexibility index (Phi) is 5.03. The molecule has 0 spiro atoms. The van der Waals surface area contributed by atoms with Crippen molar-refractivity contribution in [3.8, 4) is 0 Å². The lowest BCUT2D eigenvalue weighted by molar-refractivity contribution is -0.140. The third-order valence-electron chi connectivity index (χ3n) is 5.90. The fourth-order valence-corrected chi connectivity index (χ4v) is 4.31. The molecule has 1 aromatic heterocycles. The molecule has 7 nitrogen and oxygen atoms in total. The van der Waals surface area contributed by atoms with E-state index in [0.717, 1.165) is 64.2 Å². The molecule has 4 heterocycles. The van der Waals surface area contributed by atoms with Crippen molar-refractivity contribution in [2.24, 2.45) is 0 Å². The van der Waals surface area contributed by atoms with Crippen LogP contribution in [-0.2, 0) is 22.5 Å². The maximum atomic E-state index is 12.6. The van der Waals surface area contributed by atoms with Crippen LogP contribution in [0, 0.1) is 0 Å². The predicted octanol–water partition coefficient (Wildman–Crippen LogP) is 1.04. The van der Waals surface area contributed by atoms with Gasteiger partial charge in [-0.15, -0.1) is 10.2 Å². The molecule has 25 heavy (non-hydrogen) atoms. The summed E-state index contributed by atoms with van der Waals surface area (Å²) < 4.78 is 7.99. The molecule has 2 fully saturated rings. The average Bonchev–Trinajstić information content (AvgIpc) is 3.26. The van der Waals surface area contributed by atoms with E-state index >= 15 is 0 Å². The van der Waals surface area contributed by atoms with Crippen LogP contribution in [0.1, 0.15) is 50.2 Å². The number of nitrogens with zero attached hydrogens (tertiary/aromatic N) is 5. The Bertz CT molecular complexity index is 609. The van der Waals surface area contributed by atoms with E-state index < -0.39 is 0 Å². The van der Waals surface area contributed by atoms with E-state index in [1.54, 1.807) is 0 Å². The number of ether oxygens (including phenoxy) is 1. The van der Waals surface area contributed by atoms with Crippen molar-refractivity contribution in [2.75, 3.05) is 39.3 Å². The number of amides is 1. The summed E-state index contributed by atoms with van der Waals surface area (Å²) in [6.45, 7) is 7.83. The van der Waals surface area contributed by atoms with Crippen LogP contribution >= 0.6 is 0 Å². The van der Waals surface area contributed by atoms with Crippen LogP contribution in [-0.4, -0.2) is 75.9 Å². The van der Waals surface area contributed by atoms with Gasteiger partial charge in [0.05, 0.1) is 19.3 Å². The standard InChI is InChI=1S/C18H29N5O2/c1-2-15-12-22(10-11-25-15)17(24)13-21-8-5-14(6-9-21)18-20-19-16-4-3-7-23(16)18/h14-15H,2-13H2,1H3. The lowest BCUT2D eigenvalue weighted by Gasteiger charge is -2.36. The highest BCUT2D eigenvalue weighted by Crippen LogP contribution is 2.29. The molecule has 0 aliphatic carbocycles. The van der Waals surface area contributed by atoms with Crippen molar-refractivity contribution in [3.05, 3.63) is 11.6 Å². The second kappa shape index (κ2) is 7.41. The van der Waals surface area contributed by atoms with E-state index in [1.165, 1.54) is 12.2 Å². The molecule has 3 aliphatic rings. The van der Waals surface area contributed by atoms with Crippen LogP contribution in [0.15, 0.2) is 0 Å². The summed E-state index contributed by atoms with van der Waals surface area (Å²) in [5.41, 5.74) is 0. The molecule has 1 atom stereocenters. The van der Waals surface area contributed by atoms with Gasteiger partial charge in [-0.25, -0.2) is 0 Å². The Hall–Kier alpha value is -1.47. The van der Waals surface area contributed by atoms with Gasteiger partial charge in [-0.3, -0.25) is 9.69 Å². The largest absolute Gasteiger partial charge is 0.375 e. The number of morpholine rings is 1. The van der Waals surface area contributed by atoms with E-state index in [4.69, 9.17) is 4.74 Å². The minimum atomic E-state index is 0.207. The first-order valence-corrected chi connectivity index (χ1v) is 9.78. The number of carbonyl (C=O) groups excluding carboxylic acids is 1. The summed E-state index contributed by atoms with van der Waals surface area (Å²) in [7, 11) is 0. The fourth-order valence-electron chi connectivity index (χ4n) is 4.31. The number of rotatable bonds is 4. The van der Waals surface area contributed by atoms with E-state index in [0.29, 0.717) is 19.1 Å². The Morgan fingerprint density at radius 2 is 2.04 bits per heavy atom. The minimum absolute atomic E-state index is 0.207. The number of fused-ring (bicyclic) bond motifs is 1. The second-order valence-corrected chi connectivity index (χ2v) is 7.52.